The number of rotatable bonds is 3. The fraction of sp³-hybridized carbons (Fsp3) is 0.778. The summed E-state index contributed by atoms with van der Waals surface area (Å²) in [6, 6.07) is 0. The van der Waals surface area contributed by atoms with Crippen molar-refractivity contribution in [3.63, 3.8) is 0 Å². The molecule has 1 aliphatic rings. The first-order chi connectivity index (χ1) is 5.33. The molecule has 2 heteroatoms. The van der Waals surface area contributed by atoms with E-state index in [0.717, 1.165) is 11.2 Å². The van der Waals surface area contributed by atoms with Crippen LogP contribution in [-0.2, 0) is 0 Å². The Bertz CT molecular complexity index is 125. The average Bonchev–Trinajstić information content (AvgIpc) is 2.01. The third kappa shape index (κ3) is 3.39. The normalized spacial score (nSPS) is 26.8. The summed E-state index contributed by atoms with van der Waals surface area (Å²) in [5, 5.41) is 0. The summed E-state index contributed by atoms with van der Waals surface area (Å²) >= 11 is 3.65. The molecule has 1 aliphatic heterocycles. The van der Waals surface area contributed by atoms with Crippen LogP contribution in [-0.4, -0.2) is 29.4 Å². The van der Waals surface area contributed by atoms with E-state index >= 15 is 0 Å². The molecule has 1 nitrogen and oxygen atoms in total. The molecule has 0 spiro atoms. The molecule has 1 atom stereocenters. The third-order valence-electron chi connectivity index (χ3n) is 2.10. The average molecular weight is 218 g/mol. The molecule has 0 N–H and O–H groups in total. The summed E-state index contributed by atoms with van der Waals surface area (Å²) in [4.78, 5) is 3.23. The molecule has 1 fully saturated rings. The largest absolute Gasteiger partial charge is 0.302 e. The highest BCUT2D eigenvalue weighted by molar-refractivity contribution is 9.09. The maximum atomic E-state index is 3.73. The van der Waals surface area contributed by atoms with E-state index in [1.54, 1.807) is 0 Å². The van der Waals surface area contributed by atoms with E-state index in [-0.39, 0.29) is 0 Å². The minimum Gasteiger partial charge on any atom is -0.302 e. The first-order valence-corrected chi connectivity index (χ1v) is 5.22. The molecule has 1 unspecified atom stereocenters. The fourth-order valence-corrected chi connectivity index (χ4v) is 2.21. The van der Waals surface area contributed by atoms with Crippen molar-refractivity contribution in [2.45, 2.75) is 24.1 Å². The van der Waals surface area contributed by atoms with Gasteiger partial charge in [-0.05, 0) is 25.8 Å². The molecule has 0 aromatic heterocycles. The van der Waals surface area contributed by atoms with Crippen molar-refractivity contribution in [1.82, 2.24) is 4.90 Å². The van der Waals surface area contributed by atoms with E-state index in [1.807, 2.05) is 6.08 Å². The van der Waals surface area contributed by atoms with Crippen LogP contribution >= 0.6 is 15.9 Å². The van der Waals surface area contributed by atoms with Gasteiger partial charge in [-0.15, -0.1) is 6.58 Å². The van der Waals surface area contributed by atoms with E-state index in [9.17, 15) is 0 Å². The van der Waals surface area contributed by atoms with Crippen LogP contribution < -0.4 is 0 Å². The highest BCUT2D eigenvalue weighted by Crippen LogP contribution is 2.16. The summed E-state index contributed by atoms with van der Waals surface area (Å²) < 4.78 is 0. The second-order valence-electron chi connectivity index (χ2n) is 3.12. The Kier molecular flexibility index (Phi) is 4.16. The van der Waals surface area contributed by atoms with Gasteiger partial charge in [-0.25, -0.2) is 0 Å². The number of halogens is 1. The van der Waals surface area contributed by atoms with Crippen molar-refractivity contribution >= 4 is 15.9 Å². The van der Waals surface area contributed by atoms with E-state index in [4.69, 9.17) is 0 Å². The van der Waals surface area contributed by atoms with E-state index in [1.165, 1.54) is 32.5 Å². The van der Waals surface area contributed by atoms with E-state index in [2.05, 4.69) is 27.4 Å². The highest BCUT2D eigenvalue weighted by atomic mass is 79.9. The SMILES string of the molecule is C=CCCN1CCCC(Br)C1. The maximum absolute atomic E-state index is 3.73. The molecule has 0 bridgehead atoms. The number of hydrogen-bond donors (Lipinski definition) is 0. The Hall–Kier alpha value is 0.180. The Morgan fingerprint density at radius 3 is 3.09 bits per heavy atom. The molecular weight excluding hydrogens is 202 g/mol. The van der Waals surface area contributed by atoms with Crippen LogP contribution in [0, 0.1) is 0 Å². The Morgan fingerprint density at radius 2 is 2.45 bits per heavy atom. The predicted molar refractivity (Wildman–Crippen MR) is 53.2 cm³/mol. The molecule has 11 heavy (non-hydrogen) atoms. The Balaban J connectivity index is 2.17. The van der Waals surface area contributed by atoms with Crippen LogP contribution in [0.1, 0.15) is 19.3 Å². The van der Waals surface area contributed by atoms with Crippen LogP contribution in [0.2, 0.25) is 0 Å². The van der Waals surface area contributed by atoms with Crippen molar-refractivity contribution in [3.05, 3.63) is 12.7 Å². The summed E-state index contributed by atoms with van der Waals surface area (Å²) in [6.07, 6.45) is 5.80. The van der Waals surface area contributed by atoms with Gasteiger partial charge in [-0.1, -0.05) is 22.0 Å². The zero-order chi connectivity index (χ0) is 8.10. The van der Waals surface area contributed by atoms with Gasteiger partial charge in [0.1, 0.15) is 0 Å². The van der Waals surface area contributed by atoms with Crippen LogP contribution in [0.15, 0.2) is 12.7 Å². The lowest BCUT2D eigenvalue weighted by molar-refractivity contribution is 0.240. The molecule has 0 amide bonds. The second-order valence-corrected chi connectivity index (χ2v) is 4.41. The molecule has 1 rings (SSSR count). The van der Waals surface area contributed by atoms with Gasteiger partial charge in [0.15, 0.2) is 0 Å². The molecule has 1 saturated heterocycles. The molecular formula is C9H16BrN. The number of nitrogens with zero attached hydrogens (tertiary/aromatic N) is 1. The smallest absolute Gasteiger partial charge is 0.0273 e. The third-order valence-corrected chi connectivity index (χ3v) is 2.84. The Morgan fingerprint density at radius 1 is 1.64 bits per heavy atom. The van der Waals surface area contributed by atoms with Gasteiger partial charge in [-0.3, -0.25) is 0 Å². The standard InChI is InChI=1S/C9H16BrN/c1-2-3-6-11-7-4-5-9(10)8-11/h2,9H,1,3-8H2. The summed E-state index contributed by atoms with van der Waals surface area (Å²) in [5.41, 5.74) is 0. The van der Waals surface area contributed by atoms with Gasteiger partial charge in [-0.2, -0.15) is 0 Å². The molecule has 0 aliphatic carbocycles. The van der Waals surface area contributed by atoms with Crippen LogP contribution in [0.25, 0.3) is 0 Å². The first kappa shape index (κ1) is 9.27. The Labute approximate surface area is 77.6 Å². The van der Waals surface area contributed by atoms with Crippen molar-refractivity contribution in [2.75, 3.05) is 19.6 Å². The minimum absolute atomic E-state index is 0.723. The van der Waals surface area contributed by atoms with Gasteiger partial charge in [0.05, 0.1) is 0 Å². The van der Waals surface area contributed by atoms with E-state index in [0.29, 0.717) is 0 Å². The molecule has 0 aromatic rings. The van der Waals surface area contributed by atoms with Gasteiger partial charge in [0, 0.05) is 17.9 Å². The topological polar surface area (TPSA) is 3.24 Å². The summed E-state index contributed by atoms with van der Waals surface area (Å²) in [7, 11) is 0. The summed E-state index contributed by atoms with van der Waals surface area (Å²) in [6.45, 7) is 7.40. The minimum atomic E-state index is 0.723. The number of hydrogen-bond acceptors (Lipinski definition) is 1. The zero-order valence-electron chi connectivity index (χ0n) is 6.93. The lowest BCUT2D eigenvalue weighted by Crippen LogP contribution is -2.36. The number of piperidine rings is 1. The molecule has 64 valence electrons. The van der Waals surface area contributed by atoms with Crippen LogP contribution in [0.5, 0.6) is 0 Å². The quantitative estimate of drug-likeness (QED) is 0.519. The van der Waals surface area contributed by atoms with Crippen molar-refractivity contribution in [2.24, 2.45) is 0 Å². The number of likely N-dealkylation sites (tertiary alicyclic amines) is 1. The molecule has 0 radical (unpaired) electrons. The van der Waals surface area contributed by atoms with Gasteiger partial charge < -0.3 is 4.90 Å². The first-order valence-electron chi connectivity index (χ1n) is 4.30. The second kappa shape index (κ2) is 4.94. The predicted octanol–water partition coefficient (Wildman–Crippen LogP) is 2.42. The monoisotopic (exact) mass is 217 g/mol. The van der Waals surface area contributed by atoms with Crippen molar-refractivity contribution in [3.8, 4) is 0 Å². The lowest BCUT2D eigenvalue weighted by atomic mass is 10.1. The fourth-order valence-electron chi connectivity index (χ4n) is 1.48. The van der Waals surface area contributed by atoms with Crippen LogP contribution in [0.3, 0.4) is 0 Å². The van der Waals surface area contributed by atoms with Crippen LogP contribution in [0.4, 0.5) is 0 Å². The zero-order valence-corrected chi connectivity index (χ0v) is 8.52. The molecule has 1 heterocycles. The van der Waals surface area contributed by atoms with E-state index < -0.39 is 0 Å². The molecule has 0 saturated carbocycles. The highest BCUT2D eigenvalue weighted by Gasteiger charge is 2.15. The van der Waals surface area contributed by atoms with Crippen molar-refractivity contribution < 1.29 is 0 Å². The van der Waals surface area contributed by atoms with Crippen molar-refractivity contribution in [1.29, 1.82) is 0 Å². The molecule has 0 aromatic carbocycles. The van der Waals surface area contributed by atoms with Gasteiger partial charge >= 0.3 is 0 Å². The van der Waals surface area contributed by atoms with Gasteiger partial charge in [0.2, 0.25) is 0 Å². The van der Waals surface area contributed by atoms with Gasteiger partial charge in [0.25, 0.3) is 0 Å². The number of alkyl halides is 1. The lowest BCUT2D eigenvalue weighted by Gasteiger charge is -2.29. The summed E-state index contributed by atoms with van der Waals surface area (Å²) in [5.74, 6) is 0. The maximum Gasteiger partial charge on any atom is 0.0273 e.